The zero-order chi connectivity index (χ0) is 18.6. The number of carbonyl (C=O) groups is 2. The number of hydrogen-bond acceptors (Lipinski definition) is 2. The second-order valence-electron chi connectivity index (χ2n) is 6.93. The summed E-state index contributed by atoms with van der Waals surface area (Å²) in [5, 5.41) is 4.20. The van der Waals surface area contributed by atoms with Gasteiger partial charge >= 0.3 is 0 Å². The van der Waals surface area contributed by atoms with Crippen LogP contribution in [0.15, 0.2) is 54.7 Å². The molecule has 0 atom stereocenters. The van der Waals surface area contributed by atoms with Gasteiger partial charge in [0.05, 0.1) is 11.4 Å². The number of carbonyl (C=O) groups excluding carboxylic acids is 2. The second kappa shape index (κ2) is 7.66. The Morgan fingerprint density at radius 2 is 1.93 bits per heavy atom. The molecule has 0 bridgehead atoms. The molecule has 1 aliphatic rings. The number of nitrogens with zero attached hydrogens (tertiary/aromatic N) is 1. The SMILES string of the molecule is O=C(CCCc1c[nH]c2ccccc12)Nc1ccccc1N1CCCC1=O. The molecule has 1 saturated heterocycles. The molecule has 0 aliphatic carbocycles. The number of aromatic amines is 1. The van der Waals surface area contributed by atoms with E-state index in [1.54, 1.807) is 4.90 Å². The summed E-state index contributed by atoms with van der Waals surface area (Å²) in [6, 6.07) is 15.7. The van der Waals surface area contributed by atoms with Crippen molar-refractivity contribution in [2.24, 2.45) is 0 Å². The zero-order valence-corrected chi connectivity index (χ0v) is 15.2. The van der Waals surface area contributed by atoms with E-state index in [2.05, 4.69) is 22.4 Å². The summed E-state index contributed by atoms with van der Waals surface area (Å²) < 4.78 is 0. The van der Waals surface area contributed by atoms with Gasteiger partial charge in [-0.05, 0) is 43.0 Å². The average molecular weight is 361 g/mol. The Labute approximate surface area is 158 Å². The average Bonchev–Trinajstić information content (AvgIpc) is 3.29. The van der Waals surface area contributed by atoms with Crippen molar-refractivity contribution in [3.63, 3.8) is 0 Å². The summed E-state index contributed by atoms with van der Waals surface area (Å²) in [5.41, 5.74) is 3.87. The van der Waals surface area contributed by atoms with Gasteiger partial charge in [0.25, 0.3) is 0 Å². The minimum Gasteiger partial charge on any atom is -0.361 e. The number of rotatable bonds is 6. The second-order valence-corrected chi connectivity index (χ2v) is 6.93. The molecular formula is C22H23N3O2. The van der Waals surface area contributed by atoms with E-state index in [9.17, 15) is 9.59 Å². The van der Waals surface area contributed by atoms with Crippen LogP contribution in [0.2, 0.25) is 0 Å². The zero-order valence-electron chi connectivity index (χ0n) is 15.2. The molecule has 2 heterocycles. The van der Waals surface area contributed by atoms with Crippen molar-refractivity contribution in [3.05, 3.63) is 60.3 Å². The number of para-hydroxylation sites is 3. The van der Waals surface area contributed by atoms with E-state index in [0.29, 0.717) is 25.1 Å². The van der Waals surface area contributed by atoms with Crippen LogP contribution in [-0.4, -0.2) is 23.3 Å². The van der Waals surface area contributed by atoms with Gasteiger partial charge in [0.1, 0.15) is 0 Å². The van der Waals surface area contributed by atoms with Crippen LogP contribution in [0.25, 0.3) is 10.9 Å². The largest absolute Gasteiger partial charge is 0.361 e. The number of amides is 2. The van der Waals surface area contributed by atoms with Crippen LogP contribution in [0.3, 0.4) is 0 Å². The van der Waals surface area contributed by atoms with E-state index in [4.69, 9.17) is 0 Å². The van der Waals surface area contributed by atoms with Gasteiger partial charge in [-0.15, -0.1) is 0 Å². The summed E-state index contributed by atoms with van der Waals surface area (Å²) in [6.45, 7) is 0.715. The summed E-state index contributed by atoms with van der Waals surface area (Å²) in [5.74, 6) is 0.102. The molecule has 1 aliphatic heterocycles. The van der Waals surface area contributed by atoms with Gasteiger partial charge in [-0.2, -0.15) is 0 Å². The minimum absolute atomic E-state index is 0.0195. The maximum absolute atomic E-state index is 12.4. The summed E-state index contributed by atoms with van der Waals surface area (Å²) in [4.78, 5) is 29.5. The molecular weight excluding hydrogens is 338 g/mol. The Morgan fingerprint density at radius 3 is 2.78 bits per heavy atom. The molecule has 5 heteroatoms. The van der Waals surface area contributed by atoms with Crippen LogP contribution in [0.1, 0.15) is 31.2 Å². The molecule has 5 nitrogen and oxygen atoms in total. The highest BCUT2D eigenvalue weighted by Crippen LogP contribution is 2.29. The van der Waals surface area contributed by atoms with Crippen molar-refractivity contribution in [3.8, 4) is 0 Å². The molecule has 2 amide bonds. The Kier molecular flexibility index (Phi) is 4.92. The lowest BCUT2D eigenvalue weighted by Gasteiger charge is -2.20. The molecule has 1 aromatic heterocycles. The number of anilines is 2. The Hall–Kier alpha value is -3.08. The normalized spacial score (nSPS) is 14.1. The Bertz CT molecular complexity index is 976. The van der Waals surface area contributed by atoms with Crippen LogP contribution in [0.5, 0.6) is 0 Å². The number of fused-ring (bicyclic) bond motifs is 1. The monoisotopic (exact) mass is 361 g/mol. The maximum atomic E-state index is 12.4. The molecule has 4 rings (SSSR count). The van der Waals surface area contributed by atoms with E-state index >= 15 is 0 Å². The number of H-pyrrole nitrogens is 1. The Balaban J connectivity index is 1.37. The van der Waals surface area contributed by atoms with Crippen molar-refractivity contribution in [2.45, 2.75) is 32.1 Å². The van der Waals surface area contributed by atoms with E-state index < -0.39 is 0 Å². The molecule has 1 fully saturated rings. The first kappa shape index (κ1) is 17.3. The lowest BCUT2D eigenvalue weighted by molar-refractivity contribution is -0.117. The number of benzene rings is 2. The van der Waals surface area contributed by atoms with Crippen molar-refractivity contribution >= 4 is 34.1 Å². The van der Waals surface area contributed by atoms with Crippen LogP contribution >= 0.6 is 0 Å². The molecule has 3 aromatic rings. The van der Waals surface area contributed by atoms with E-state index in [0.717, 1.165) is 30.5 Å². The van der Waals surface area contributed by atoms with Crippen LogP contribution in [0.4, 0.5) is 11.4 Å². The number of aryl methyl sites for hydroxylation is 1. The molecule has 2 aromatic carbocycles. The first-order chi connectivity index (χ1) is 13.2. The minimum atomic E-state index is -0.0195. The van der Waals surface area contributed by atoms with Crippen LogP contribution in [0, 0.1) is 0 Å². The van der Waals surface area contributed by atoms with E-state index in [-0.39, 0.29) is 11.8 Å². The molecule has 0 unspecified atom stereocenters. The van der Waals surface area contributed by atoms with Gasteiger partial charge in [-0.25, -0.2) is 0 Å². The molecule has 2 N–H and O–H groups in total. The fourth-order valence-electron chi connectivity index (χ4n) is 3.71. The van der Waals surface area contributed by atoms with Crippen molar-refractivity contribution in [2.75, 3.05) is 16.8 Å². The Morgan fingerprint density at radius 1 is 1.11 bits per heavy atom. The molecule has 0 radical (unpaired) electrons. The van der Waals surface area contributed by atoms with Gasteiger partial charge in [0.15, 0.2) is 0 Å². The lowest BCUT2D eigenvalue weighted by Crippen LogP contribution is -2.25. The van der Waals surface area contributed by atoms with E-state index in [1.807, 2.05) is 42.6 Å². The van der Waals surface area contributed by atoms with Crippen molar-refractivity contribution in [1.29, 1.82) is 0 Å². The lowest BCUT2D eigenvalue weighted by atomic mass is 10.1. The third-order valence-corrected chi connectivity index (χ3v) is 5.07. The fourth-order valence-corrected chi connectivity index (χ4v) is 3.71. The van der Waals surface area contributed by atoms with Gasteiger partial charge in [0.2, 0.25) is 11.8 Å². The molecule has 138 valence electrons. The first-order valence-electron chi connectivity index (χ1n) is 9.46. The highest BCUT2D eigenvalue weighted by Gasteiger charge is 2.24. The predicted molar refractivity (Wildman–Crippen MR) is 108 cm³/mol. The fraction of sp³-hybridized carbons (Fsp3) is 0.273. The van der Waals surface area contributed by atoms with Crippen molar-refractivity contribution < 1.29 is 9.59 Å². The molecule has 0 spiro atoms. The molecule has 0 saturated carbocycles. The quantitative estimate of drug-likeness (QED) is 0.689. The number of hydrogen-bond donors (Lipinski definition) is 2. The van der Waals surface area contributed by atoms with Crippen molar-refractivity contribution in [1.82, 2.24) is 4.98 Å². The maximum Gasteiger partial charge on any atom is 0.227 e. The predicted octanol–water partition coefficient (Wildman–Crippen LogP) is 4.26. The third kappa shape index (κ3) is 3.72. The van der Waals surface area contributed by atoms with Gasteiger partial charge in [0, 0.05) is 36.5 Å². The van der Waals surface area contributed by atoms with Gasteiger partial charge < -0.3 is 15.2 Å². The van der Waals surface area contributed by atoms with E-state index in [1.165, 1.54) is 10.9 Å². The first-order valence-corrected chi connectivity index (χ1v) is 9.46. The van der Waals surface area contributed by atoms with Crippen LogP contribution in [-0.2, 0) is 16.0 Å². The third-order valence-electron chi connectivity index (χ3n) is 5.07. The topological polar surface area (TPSA) is 65.2 Å². The number of aromatic nitrogens is 1. The highest BCUT2D eigenvalue weighted by molar-refractivity contribution is 6.02. The number of nitrogens with one attached hydrogen (secondary N) is 2. The summed E-state index contributed by atoms with van der Waals surface area (Å²) in [6.07, 6.45) is 5.54. The smallest absolute Gasteiger partial charge is 0.227 e. The van der Waals surface area contributed by atoms with Crippen LogP contribution < -0.4 is 10.2 Å². The summed E-state index contributed by atoms with van der Waals surface area (Å²) in [7, 11) is 0. The highest BCUT2D eigenvalue weighted by atomic mass is 16.2. The van der Waals surface area contributed by atoms with Gasteiger partial charge in [-0.3, -0.25) is 9.59 Å². The van der Waals surface area contributed by atoms with Gasteiger partial charge in [-0.1, -0.05) is 30.3 Å². The standard InChI is InChI=1S/C22H23N3O2/c26-21(12-5-7-16-15-23-18-9-2-1-8-17(16)18)24-19-10-3-4-11-20(19)25-14-6-13-22(25)27/h1-4,8-11,15,23H,5-7,12-14H2,(H,24,26). The summed E-state index contributed by atoms with van der Waals surface area (Å²) >= 11 is 0. The molecule has 27 heavy (non-hydrogen) atoms.